The average Bonchev–Trinajstić information content (AvgIpc) is 2.75. The summed E-state index contributed by atoms with van der Waals surface area (Å²) in [5, 5.41) is 13.9. The Labute approximate surface area is 201 Å². The molecule has 198 valence electrons. The van der Waals surface area contributed by atoms with E-state index in [0.717, 1.165) is 25.7 Å². The van der Waals surface area contributed by atoms with Crippen LogP contribution in [0.3, 0.4) is 0 Å². The fourth-order valence-corrected chi connectivity index (χ4v) is 4.54. The maximum Gasteiger partial charge on any atom is 0.325 e. The number of hydrogen-bond acceptors (Lipinski definition) is 5. The van der Waals surface area contributed by atoms with Gasteiger partial charge >= 0.3 is 11.9 Å². The van der Waals surface area contributed by atoms with Gasteiger partial charge in [0, 0.05) is 0 Å². The fraction of sp³-hybridized carbons (Fsp3) is 0.917. The van der Waals surface area contributed by atoms with E-state index in [2.05, 4.69) is 41.5 Å². The van der Waals surface area contributed by atoms with Gasteiger partial charge in [0.25, 0.3) is 10.1 Å². The molecule has 0 amide bonds. The molecule has 33 heavy (non-hydrogen) atoms. The summed E-state index contributed by atoms with van der Waals surface area (Å²) in [5.41, 5.74) is 0.237. The molecule has 0 saturated heterocycles. The highest BCUT2D eigenvalue weighted by molar-refractivity contribution is 7.87. The highest BCUT2D eigenvalue weighted by Crippen LogP contribution is 2.38. The summed E-state index contributed by atoms with van der Waals surface area (Å²) in [4.78, 5) is 20.0. The summed E-state index contributed by atoms with van der Waals surface area (Å²) in [6.07, 6.45) is 13.9. The van der Waals surface area contributed by atoms with Crippen LogP contribution >= 0.6 is 0 Å². The molecule has 9 heteroatoms. The minimum Gasteiger partial charge on any atom is -0.481 e. The van der Waals surface area contributed by atoms with Crippen molar-refractivity contribution in [2.45, 2.75) is 141 Å². The van der Waals surface area contributed by atoms with Crippen LogP contribution in [0.4, 0.5) is 0 Å². The van der Waals surface area contributed by atoms with Crippen LogP contribution in [-0.4, -0.2) is 51.6 Å². The molecule has 0 aromatic heterocycles. The zero-order chi connectivity index (χ0) is 26.1. The second-order valence-corrected chi connectivity index (χ2v) is 10.3. The summed E-state index contributed by atoms with van der Waals surface area (Å²) < 4.78 is 35.6. The first kappa shape index (κ1) is 34.0. The molecule has 0 bridgehead atoms. The number of rotatable bonds is 18. The van der Waals surface area contributed by atoms with Gasteiger partial charge in [-0.1, -0.05) is 80.1 Å². The lowest BCUT2D eigenvalue weighted by Crippen LogP contribution is -2.43. The Hall–Kier alpha value is -1.19. The average molecular weight is 497 g/mol. The third-order valence-electron chi connectivity index (χ3n) is 6.48. The van der Waals surface area contributed by atoms with Crippen LogP contribution in [0.15, 0.2) is 0 Å². The Kier molecular flexibility index (Phi) is 17.8. The van der Waals surface area contributed by atoms with Crippen LogP contribution in [0.2, 0.25) is 0 Å². The van der Waals surface area contributed by atoms with Gasteiger partial charge in [-0.05, 0) is 38.5 Å². The summed E-state index contributed by atoms with van der Waals surface area (Å²) in [6, 6.07) is 0. The van der Waals surface area contributed by atoms with E-state index in [1.807, 2.05) is 0 Å². The molecule has 0 aliphatic carbocycles. The van der Waals surface area contributed by atoms with E-state index >= 15 is 0 Å². The van der Waals surface area contributed by atoms with Gasteiger partial charge < -0.3 is 14.9 Å². The summed E-state index contributed by atoms with van der Waals surface area (Å²) in [7, 11) is -4.84. The summed E-state index contributed by atoms with van der Waals surface area (Å²) in [6.45, 7) is 13.8. The molecule has 0 aromatic carbocycles. The number of hydrogen-bond donors (Lipinski definition) is 3. The third kappa shape index (κ3) is 14.0. The van der Waals surface area contributed by atoms with Crippen LogP contribution < -0.4 is 0 Å². The van der Waals surface area contributed by atoms with Crippen molar-refractivity contribution in [1.29, 1.82) is 0 Å². The molecule has 0 heterocycles. The standard InChI is InChI=1S/C20H42O.C4H6O7S/c1-7-13-15-17-19(9-3,10-4)21-20(11-5,12-6)18-16-14-8-2;5-3(6)1-2(4(7)8)12(9,10)11/h7-18H2,1-6H3;2H,1H2,(H,5,6)(H,7,8)(H,9,10,11). The Bertz CT molecular complexity index is 613. The van der Waals surface area contributed by atoms with E-state index in [4.69, 9.17) is 19.5 Å². The molecule has 1 unspecified atom stereocenters. The van der Waals surface area contributed by atoms with Crippen molar-refractivity contribution in [3.8, 4) is 0 Å². The zero-order valence-electron chi connectivity index (χ0n) is 21.6. The van der Waals surface area contributed by atoms with Crippen LogP contribution in [0.25, 0.3) is 0 Å². The van der Waals surface area contributed by atoms with Crippen LogP contribution in [-0.2, 0) is 24.4 Å². The molecule has 0 aromatic rings. The van der Waals surface area contributed by atoms with E-state index in [-0.39, 0.29) is 11.2 Å². The van der Waals surface area contributed by atoms with E-state index in [0.29, 0.717) is 0 Å². The van der Waals surface area contributed by atoms with E-state index in [1.165, 1.54) is 51.4 Å². The van der Waals surface area contributed by atoms with E-state index in [1.54, 1.807) is 0 Å². The Morgan fingerprint density at radius 1 is 0.758 bits per heavy atom. The first-order chi connectivity index (χ1) is 15.3. The van der Waals surface area contributed by atoms with Crippen molar-refractivity contribution in [2.24, 2.45) is 0 Å². The quantitative estimate of drug-likeness (QED) is 0.153. The highest BCUT2D eigenvalue weighted by Gasteiger charge is 2.37. The Balaban J connectivity index is 0. The van der Waals surface area contributed by atoms with Gasteiger partial charge in [0.05, 0.1) is 17.6 Å². The number of unbranched alkanes of at least 4 members (excludes halogenated alkanes) is 4. The van der Waals surface area contributed by atoms with Crippen LogP contribution in [0.1, 0.15) is 125 Å². The minimum absolute atomic E-state index is 0.118. The maximum absolute atomic E-state index is 10.2. The predicted molar refractivity (Wildman–Crippen MR) is 131 cm³/mol. The molecular weight excluding hydrogens is 448 g/mol. The first-order valence-corrected chi connectivity index (χ1v) is 13.9. The lowest BCUT2D eigenvalue weighted by atomic mass is 9.85. The van der Waals surface area contributed by atoms with Crippen molar-refractivity contribution < 1.29 is 37.5 Å². The monoisotopic (exact) mass is 496 g/mol. The molecule has 1 atom stereocenters. The SMILES string of the molecule is CCCCCC(CC)(CC)OC(CC)(CC)CCCCC.O=C(O)CC(C(=O)O)S(=O)(=O)O. The van der Waals surface area contributed by atoms with Crippen LogP contribution in [0.5, 0.6) is 0 Å². The number of carboxylic acids is 2. The molecule has 8 nitrogen and oxygen atoms in total. The van der Waals surface area contributed by atoms with Crippen molar-refractivity contribution in [3.05, 3.63) is 0 Å². The number of ether oxygens (including phenoxy) is 1. The molecule has 0 spiro atoms. The summed E-state index contributed by atoms with van der Waals surface area (Å²) in [5.74, 6) is -3.50. The van der Waals surface area contributed by atoms with Gasteiger partial charge in [-0.15, -0.1) is 0 Å². The van der Waals surface area contributed by atoms with E-state index in [9.17, 15) is 18.0 Å². The molecule has 0 saturated carbocycles. The van der Waals surface area contributed by atoms with Crippen LogP contribution in [0, 0.1) is 0 Å². The van der Waals surface area contributed by atoms with Gasteiger partial charge in [0.1, 0.15) is 0 Å². The molecule has 0 rings (SSSR count). The van der Waals surface area contributed by atoms with Gasteiger partial charge in [0.2, 0.25) is 0 Å². The largest absolute Gasteiger partial charge is 0.481 e. The second kappa shape index (κ2) is 17.3. The molecule has 0 aliphatic heterocycles. The molecule has 0 radical (unpaired) electrons. The lowest BCUT2D eigenvalue weighted by molar-refractivity contribution is -0.173. The van der Waals surface area contributed by atoms with Crippen molar-refractivity contribution in [3.63, 3.8) is 0 Å². The number of carboxylic acid groups (broad SMARTS) is 2. The van der Waals surface area contributed by atoms with Gasteiger partial charge in [-0.2, -0.15) is 8.42 Å². The van der Waals surface area contributed by atoms with Crippen molar-refractivity contribution in [2.75, 3.05) is 0 Å². The fourth-order valence-electron chi connectivity index (χ4n) is 3.93. The molecule has 0 fully saturated rings. The number of carbonyl (C=O) groups is 2. The first-order valence-electron chi connectivity index (χ1n) is 12.4. The normalized spacial score (nSPS) is 13.2. The van der Waals surface area contributed by atoms with E-state index < -0.39 is 33.7 Å². The maximum atomic E-state index is 10.2. The number of aliphatic carboxylic acids is 2. The Morgan fingerprint density at radius 3 is 1.30 bits per heavy atom. The van der Waals surface area contributed by atoms with Crippen molar-refractivity contribution >= 4 is 22.1 Å². The topological polar surface area (TPSA) is 138 Å². The molecular formula is C24H48O8S. The predicted octanol–water partition coefficient (Wildman–Crippen LogP) is 6.08. The minimum atomic E-state index is -4.84. The Morgan fingerprint density at radius 2 is 1.12 bits per heavy atom. The van der Waals surface area contributed by atoms with Gasteiger partial charge in [0.15, 0.2) is 5.25 Å². The van der Waals surface area contributed by atoms with Crippen molar-refractivity contribution in [1.82, 2.24) is 0 Å². The highest BCUT2D eigenvalue weighted by atomic mass is 32.2. The smallest absolute Gasteiger partial charge is 0.325 e. The zero-order valence-corrected chi connectivity index (χ0v) is 22.4. The molecule has 3 N–H and O–H groups in total. The second-order valence-electron chi connectivity index (χ2n) is 8.74. The lowest BCUT2D eigenvalue weighted by Gasteiger charge is -2.44. The summed E-state index contributed by atoms with van der Waals surface area (Å²) >= 11 is 0. The third-order valence-corrected chi connectivity index (χ3v) is 7.56. The molecule has 0 aliphatic rings. The van der Waals surface area contributed by atoms with Gasteiger partial charge in [-0.25, -0.2) is 0 Å². The van der Waals surface area contributed by atoms with Gasteiger partial charge in [-0.3, -0.25) is 14.1 Å².